The fourth-order valence-corrected chi connectivity index (χ4v) is 2.90. The molecule has 0 aliphatic carbocycles. The summed E-state index contributed by atoms with van der Waals surface area (Å²) in [7, 11) is 1.54. The Morgan fingerprint density at radius 3 is 2.41 bits per heavy atom. The van der Waals surface area contributed by atoms with E-state index < -0.39 is 17.7 Å². The van der Waals surface area contributed by atoms with Crippen molar-refractivity contribution in [1.29, 1.82) is 0 Å². The Balaban J connectivity index is 1.63. The van der Waals surface area contributed by atoms with Crippen molar-refractivity contribution in [3.63, 3.8) is 0 Å². The number of nitrogens with zero attached hydrogens (tertiary/aromatic N) is 1. The lowest BCUT2D eigenvalue weighted by atomic mass is 10.1. The first-order chi connectivity index (χ1) is 15.5. The van der Waals surface area contributed by atoms with E-state index in [4.69, 9.17) is 4.74 Å². The fourth-order valence-electron chi connectivity index (χ4n) is 2.64. The van der Waals surface area contributed by atoms with E-state index in [2.05, 4.69) is 37.1 Å². The Morgan fingerprint density at radius 2 is 1.66 bits per heavy atom. The van der Waals surface area contributed by atoms with Crippen LogP contribution in [0.15, 0.2) is 82.4 Å². The minimum absolute atomic E-state index is 0.194. The van der Waals surface area contributed by atoms with Crippen LogP contribution in [0.5, 0.6) is 5.75 Å². The summed E-state index contributed by atoms with van der Waals surface area (Å²) < 4.78 is 5.99. The van der Waals surface area contributed by atoms with Gasteiger partial charge in [0.25, 0.3) is 5.91 Å². The molecule has 0 unspecified atom stereocenters. The van der Waals surface area contributed by atoms with Crippen LogP contribution < -0.4 is 20.8 Å². The van der Waals surface area contributed by atoms with Gasteiger partial charge in [0.05, 0.1) is 24.6 Å². The second kappa shape index (κ2) is 10.9. The number of rotatable bonds is 6. The van der Waals surface area contributed by atoms with Gasteiger partial charge in [0.1, 0.15) is 5.75 Å². The van der Waals surface area contributed by atoms with Gasteiger partial charge in [-0.15, -0.1) is 0 Å². The molecule has 0 heterocycles. The van der Waals surface area contributed by atoms with Crippen molar-refractivity contribution in [3.8, 4) is 5.75 Å². The summed E-state index contributed by atoms with van der Waals surface area (Å²) in [6.07, 6.45) is 1.38. The van der Waals surface area contributed by atoms with E-state index in [1.807, 2.05) is 0 Å². The SMILES string of the molecule is COc1cccc(/C=N\NC(=O)C(=O)Nc2ccccc2C(=O)Nc2ccc(Br)cc2)c1. The number of nitrogens with one attached hydrogen (secondary N) is 3. The standard InChI is InChI=1S/C23H19BrN4O4/c1-32-18-6-4-5-15(13-18)14-25-28-23(31)22(30)27-20-8-3-2-7-19(20)21(29)26-17-11-9-16(24)10-12-17/h2-14H,1H3,(H,26,29)(H,27,30)(H,28,31)/b25-14-. The van der Waals surface area contributed by atoms with Crippen molar-refractivity contribution in [2.24, 2.45) is 5.10 Å². The van der Waals surface area contributed by atoms with Crippen LogP contribution in [0.2, 0.25) is 0 Å². The average Bonchev–Trinajstić information content (AvgIpc) is 2.81. The van der Waals surface area contributed by atoms with Crippen LogP contribution >= 0.6 is 15.9 Å². The van der Waals surface area contributed by atoms with E-state index in [0.29, 0.717) is 17.0 Å². The van der Waals surface area contributed by atoms with Gasteiger partial charge < -0.3 is 15.4 Å². The monoisotopic (exact) mass is 494 g/mol. The van der Waals surface area contributed by atoms with Crippen LogP contribution in [0.4, 0.5) is 11.4 Å². The number of para-hydroxylation sites is 1. The number of hydrazone groups is 1. The van der Waals surface area contributed by atoms with E-state index in [9.17, 15) is 14.4 Å². The zero-order chi connectivity index (χ0) is 22.9. The number of carbonyl (C=O) groups excluding carboxylic acids is 3. The number of amides is 3. The minimum Gasteiger partial charge on any atom is -0.497 e. The molecule has 0 fully saturated rings. The van der Waals surface area contributed by atoms with Gasteiger partial charge in [0.2, 0.25) is 0 Å². The number of ether oxygens (including phenoxy) is 1. The van der Waals surface area contributed by atoms with Gasteiger partial charge in [0.15, 0.2) is 0 Å². The molecule has 0 aromatic heterocycles. The van der Waals surface area contributed by atoms with Crippen LogP contribution in [0, 0.1) is 0 Å². The highest BCUT2D eigenvalue weighted by Crippen LogP contribution is 2.19. The van der Waals surface area contributed by atoms with Crippen molar-refractivity contribution in [2.75, 3.05) is 17.7 Å². The van der Waals surface area contributed by atoms with Crippen LogP contribution in [0.25, 0.3) is 0 Å². The van der Waals surface area contributed by atoms with Crippen LogP contribution in [-0.2, 0) is 9.59 Å². The molecule has 9 heteroatoms. The molecule has 0 atom stereocenters. The molecule has 0 radical (unpaired) electrons. The summed E-state index contributed by atoms with van der Waals surface area (Å²) in [5.74, 6) is -1.74. The molecule has 0 aliphatic heterocycles. The first kappa shape index (κ1) is 22.7. The predicted octanol–water partition coefficient (Wildman–Crippen LogP) is 3.80. The number of carbonyl (C=O) groups is 3. The van der Waals surface area contributed by atoms with Crippen molar-refractivity contribution in [2.45, 2.75) is 0 Å². The molecule has 0 saturated heterocycles. The van der Waals surface area contributed by atoms with E-state index in [0.717, 1.165) is 4.47 Å². The summed E-state index contributed by atoms with van der Waals surface area (Å²) in [5, 5.41) is 8.96. The Kier molecular flexibility index (Phi) is 7.71. The van der Waals surface area contributed by atoms with Gasteiger partial charge in [-0.1, -0.05) is 40.2 Å². The smallest absolute Gasteiger partial charge is 0.329 e. The first-order valence-electron chi connectivity index (χ1n) is 9.40. The van der Waals surface area contributed by atoms with Crippen molar-refractivity contribution in [1.82, 2.24) is 5.43 Å². The summed E-state index contributed by atoms with van der Waals surface area (Å²) in [5.41, 5.74) is 3.82. The van der Waals surface area contributed by atoms with Crippen molar-refractivity contribution < 1.29 is 19.1 Å². The average molecular weight is 495 g/mol. The highest BCUT2D eigenvalue weighted by atomic mass is 79.9. The second-order valence-electron chi connectivity index (χ2n) is 6.44. The molecular formula is C23H19BrN4O4. The van der Waals surface area contributed by atoms with Gasteiger partial charge >= 0.3 is 11.8 Å². The molecule has 0 bridgehead atoms. The lowest BCUT2D eigenvalue weighted by Gasteiger charge is -2.11. The Hall–Kier alpha value is -3.98. The zero-order valence-corrected chi connectivity index (χ0v) is 18.5. The molecule has 0 spiro atoms. The van der Waals surface area contributed by atoms with E-state index in [1.165, 1.54) is 12.3 Å². The first-order valence-corrected chi connectivity index (χ1v) is 10.2. The molecule has 3 aromatic carbocycles. The molecule has 0 saturated carbocycles. The lowest BCUT2D eigenvalue weighted by molar-refractivity contribution is -0.136. The molecule has 0 aliphatic rings. The van der Waals surface area contributed by atoms with Crippen LogP contribution in [0.3, 0.4) is 0 Å². The zero-order valence-electron chi connectivity index (χ0n) is 17.0. The summed E-state index contributed by atoms with van der Waals surface area (Å²) in [6.45, 7) is 0. The molecule has 3 aromatic rings. The maximum atomic E-state index is 12.6. The second-order valence-corrected chi connectivity index (χ2v) is 7.35. The van der Waals surface area contributed by atoms with Crippen molar-refractivity contribution >= 4 is 51.2 Å². The molecule has 8 nitrogen and oxygen atoms in total. The molecule has 32 heavy (non-hydrogen) atoms. The number of halogens is 1. The van der Waals surface area contributed by atoms with Crippen LogP contribution in [0.1, 0.15) is 15.9 Å². The fraction of sp³-hybridized carbons (Fsp3) is 0.0435. The van der Waals surface area contributed by atoms with Gasteiger partial charge in [-0.25, -0.2) is 5.43 Å². The van der Waals surface area contributed by atoms with Gasteiger partial charge in [0, 0.05) is 10.2 Å². The number of hydrogen-bond acceptors (Lipinski definition) is 5. The molecule has 162 valence electrons. The number of hydrogen-bond donors (Lipinski definition) is 3. The molecule has 3 N–H and O–H groups in total. The Morgan fingerprint density at radius 1 is 0.906 bits per heavy atom. The summed E-state index contributed by atoms with van der Waals surface area (Å²) >= 11 is 3.33. The van der Waals surface area contributed by atoms with Gasteiger partial charge in [-0.3, -0.25) is 14.4 Å². The topological polar surface area (TPSA) is 109 Å². The Labute approximate surface area is 192 Å². The minimum atomic E-state index is -0.979. The lowest BCUT2D eigenvalue weighted by Crippen LogP contribution is -2.33. The summed E-state index contributed by atoms with van der Waals surface area (Å²) in [6, 6.07) is 20.4. The molecular weight excluding hydrogens is 476 g/mol. The maximum Gasteiger partial charge on any atom is 0.329 e. The van der Waals surface area contributed by atoms with Crippen molar-refractivity contribution in [3.05, 3.63) is 88.4 Å². The largest absolute Gasteiger partial charge is 0.497 e. The highest BCUT2D eigenvalue weighted by Gasteiger charge is 2.17. The molecule has 3 amide bonds. The van der Waals surface area contributed by atoms with E-state index in [1.54, 1.807) is 73.8 Å². The Bertz CT molecular complexity index is 1160. The number of methoxy groups -OCH3 is 1. The quantitative estimate of drug-likeness (QED) is 0.275. The number of anilines is 2. The normalized spacial score (nSPS) is 10.4. The van der Waals surface area contributed by atoms with Crippen LogP contribution in [-0.4, -0.2) is 31.0 Å². The third kappa shape index (κ3) is 6.26. The third-order valence-corrected chi connectivity index (χ3v) is 4.73. The molecule has 3 rings (SSSR count). The maximum absolute atomic E-state index is 12.6. The third-order valence-electron chi connectivity index (χ3n) is 4.20. The number of benzene rings is 3. The summed E-state index contributed by atoms with van der Waals surface area (Å²) in [4.78, 5) is 37.0. The van der Waals surface area contributed by atoms with E-state index in [-0.39, 0.29) is 11.3 Å². The highest BCUT2D eigenvalue weighted by molar-refractivity contribution is 9.10. The van der Waals surface area contributed by atoms with E-state index >= 15 is 0 Å². The van der Waals surface area contributed by atoms with Gasteiger partial charge in [-0.2, -0.15) is 5.10 Å². The predicted molar refractivity (Wildman–Crippen MR) is 126 cm³/mol. The van der Waals surface area contributed by atoms with Gasteiger partial charge in [-0.05, 0) is 54.1 Å².